The van der Waals surface area contributed by atoms with Gasteiger partial charge in [-0.2, -0.15) is 0 Å². The Hall–Kier alpha value is -1.71. The lowest BCUT2D eigenvalue weighted by Gasteiger charge is -2.13. The lowest BCUT2D eigenvalue weighted by Crippen LogP contribution is -2.10. The van der Waals surface area contributed by atoms with Gasteiger partial charge in [0.1, 0.15) is 0 Å². The number of anilines is 1. The van der Waals surface area contributed by atoms with Crippen LogP contribution >= 0.6 is 12.2 Å². The molecule has 0 radical (unpaired) electrons. The zero-order chi connectivity index (χ0) is 11.4. The van der Waals surface area contributed by atoms with E-state index in [1.807, 2.05) is 54.6 Å². The predicted molar refractivity (Wildman–Crippen MR) is 69.7 cm³/mol. The number of thiocarbonyl (C=S) groups is 1. The molecular weight excluding hydrogens is 218 g/mol. The Labute approximate surface area is 99.8 Å². The molecule has 0 unspecified atom stereocenters. The van der Waals surface area contributed by atoms with Crippen molar-refractivity contribution in [1.29, 1.82) is 0 Å². The molecule has 0 spiro atoms. The topological polar surface area (TPSA) is 23.5 Å². The van der Waals surface area contributed by atoms with Crippen LogP contribution in [-0.2, 0) is 0 Å². The highest BCUT2D eigenvalue weighted by molar-refractivity contribution is 7.81. The van der Waals surface area contributed by atoms with Crippen molar-refractivity contribution >= 4 is 22.8 Å². The summed E-state index contributed by atoms with van der Waals surface area (Å²) in [6.45, 7) is 0. The number of benzene rings is 1. The van der Waals surface area contributed by atoms with E-state index in [0.717, 1.165) is 21.2 Å². The molecule has 0 amide bonds. The lowest BCUT2D eigenvalue weighted by molar-refractivity contribution is 0.295. The second kappa shape index (κ2) is 4.88. The van der Waals surface area contributed by atoms with E-state index in [1.54, 1.807) is 6.20 Å². The maximum absolute atomic E-state index is 9.79. The molecule has 1 aromatic rings. The van der Waals surface area contributed by atoms with Crippen LogP contribution in [0.5, 0.6) is 0 Å². The first-order chi connectivity index (χ1) is 7.75. The van der Waals surface area contributed by atoms with Gasteiger partial charge < -0.3 is 0 Å². The quantitative estimate of drug-likeness (QED) is 0.622. The smallest absolute Gasteiger partial charge is 0.0686 e. The van der Waals surface area contributed by atoms with Gasteiger partial charge >= 0.3 is 0 Å². The van der Waals surface area contributed by atoms with E-state index in [4.69, 9.17) is 12.2 Å². The molecule has 1 N–H and O–H groups in total. The van der Waals surface area contributed by atoms with E-state index in [-0.39, 0.29) is 0 Å². The highest BCUT2D eigenvalue weighted by atomic mass is 32.1. The number of hydroxylamine groups is 1. The highest BCUT2D eigenvalue weighted by Gasteiger charge is 2.00. The number of para-hydroxylation sites is 1. The largest absolute Gasteiger partial charge is 0.284 e. The van der Waals surface area contributed by atoms with Crippen LogP contribution in [0.2, 0.25) is 0 Å². The van der Waals surface area contributed by atoms with Crippen molar-refractivity contribution in [3.8, 4) is 0 Å². The molecule has 0 saturated heterocycles. The highest BCUT2D eigenvalue weighted by Crippen LogP contribution is 2.14. The van der Waals surface area contributed by atoms with E-state index in [0.29, 0.717) is 0 Å². The number of hydrogen-bond acceptors (Lipinski definition) is 3. The van der Waals surface area contributed by atoms with Gasteiger partial charge in [-0.25, -0.2) is 5.06 Å². The average molecular weight is 229 g/mol. The third kappa shape index (κ3) is 2.66. The molecule has 0 heterocycles. The number of hydrogen-bond donors (Lipinski definition) is 1. The van der Waals surface area contributed by atoms with Crippen molar-refractivity contribution in [3.05, 3.63) is 66.4 Å². The SMILES string of the molecule is ON(C=C1C=CC(=S)C=C1)c1ccccc1. The molecule has 1 aromatic carbocycles. The van der Waals surface area contributed by atoms with Gasteiger partial charge in [-0.15, -0.1) is 0 Å². The number of allylic oxidation sites excluding steroid dienone is 5. The van der Waals surface area contributed by atoms with Crippen LogP contribution in [0.1, 0.15) is 0 Å². The molecule has 0 atom stereocenters. The second-order valence-corrected chi connectivity index (χ2v) is 3.85. The van der Waals surface area contributed by atoms with Gasteiger partial charge in [-0.05, 0) is 29.9 Å². The van der Waals surface area contributed by atoms with Crippen LogP contribution in [0, 0.1) is 0 Å². The van der Waals surface area contributed by atoms with E-state index in [2.05, 4.69) is 0 Å². The van der Waals surface area contributed by atoms with E-state index in [9.17, 15) is 5.21 Å². The van der Waals surface area contributed by atoms with Crippen molar-refractivity contribution in [2.75, 3.05) is 5.06 Å². The summed E-state index contributed by atoms with van der Waals surface area (Å²) in [4.78, 5) is 0.793. The van der Waals surface area contributed by atoms with Crippen LogP contribution in [-0.4, -0.2) is 10.1 Å². The summed E-state index contributed by atoms with van der Waals surface area (Å²) in [5.74, 6) is 0. The van der Waals surface area contributed by atoms with E-state index >= 15 is 0 Å². The molecule has 2 nitrogen and oxygen atoms in total. The molecule has 0 saturated carbocycles. The molecule has 0 aromatic heterocycles. The summed E-state index contributed by atoms with van der Waals surface area (Å²) in [6.07, 6.45) is 9.05. The zero-order valence-electron chi connectivity index (χ0n) is 8.58. The Kier molecular flexibility index (Phi) is 3.29. The van der Waals surface area contributed by atoms with Gasteiger partial charge in [-0.3, -0.25) is 5.21 Å². The van der Waals surface area contributed by atoms with Crippen molar-refractivity contribution < 1.29 is 5.21 Å². The summed E-state index contributed by atoms with van der Waals surface area (Å²) in [5.41, 5.74) is 1.63. The maximum atomic E-state index is 9.79. The van der Waals surface area contributed by atoms with E-state index in [1.165, 1.54) is 0 Å². The summed E-state index contributed by atoms with van der Waals surface area (Å²) in [7, 11) is 0. The predicted octanol–water partition coefficient (Wildman–Crippen LogP) is 3.26. The minimum Gasteiger partial charge on any atom is -0.284 e. The van der Waals surface area contributed by atoms with Gasteiger partial charge in [0.2, 0.25) is 0 Å². The summed E-state index contributed by atoms with van der Waals surface area (Å²) >= 11 is 4.99. The Morgan fingerprint density at radius 1 is 1.00 bits per heavy atom. The van der Waals surface area contributed by atoms with Gasteiger partial charge in [0.15, 0.2) is 0 Å². The fourth-order valence-electron chi connectivity index (χ4n) is 1.35. The minimum absolute atomic E-state index is 0.727. The van der Waals surface area contributed by atoms with Crippen LogP contribution in [0.25, 0.3) is 0 Å². The molecule has 80 valence electrons. The number of nitrogens with zero attached hydrogens (tertiary/aromatic N) is 1. The first kappa shape index (κ1) is 10.8. The fourth-order valence-corrected chi connectivity index (χ4v) is 1.49. The third-order valence-corrected chi connectivity index (χ3v) is 2.44. The Morgan fingerprint density at radius 2 is 1.62 bits per heavy atom. The summed E-state index contributed by atoms with van der Waals surface area (Å²) in [5, 5.41) is 10.9. The maximum Gasteiger partial charge on any atom is 0.0686 e. The second-order valence-electron chi connectivity index (χ2n) is 3.38. The molecule has 1 aliphatic carbocycles. The van der Waals surface area contributed by atoms with Crippen LogP contribution < -0.4 is 5.06 Å². The van der Waals surface area contributed by atoms with Crippen molar-refractivity contribution in [3.63, 3.8) is 0 Å². The lowest BCUT2D eigenvalue weighted by atomic mass is 10.1. The molecule has 2 rings (SSSR count). The van der Waals surface area contributed by atoms with Crippen molar-refractivity contribution in [2.45, 2.75) is 0 Å². The normalized spacial score (nSPS) is 14.1. The molecule has 3 heteroatoms. The Bertz CT molecular complexity index is 456. The third-order valence-electron chi connectivity index (χ3n) is 2.17. The fraction of sp³-hybridized carbons (Fsp3) is 0. The molecule has 0 bridgehead atoms. The minimum atomic E-state index is 0.727. The zero-order valence-corrected chi connectivity index (χ0v) is 9.39. The van der Waals surface area contributed by atoms with Gasteiger partial charge in [0, 0.05) is 11.1 Å². The summed E-state index contributed by atoms with van der Waals surface area (Å²) in [6, 6.07) is 9.32. The monoisotopic (exact) mass is 229 g/mol. The van der Waals surface area contributed by atoms with Gasteiger partial charge in [-0.1, -0.05) is 42.6 Å². The molecule has 0 aliphatic heterocycles. The molecular formula is C13H11NOS. The molecule has 16 heavy (non-hydrogen) atoms. The van der Waals surface area contributed by atoms with Crippen LogP contribution in [0.4, 0.5) is 5.69 Å². The first-order valence-corrected chi connectivity index (χ1v) is 5.31. The first-order valence-electron chi connectivity index (χ1n) is 4.91. The van der Waals surface area contributed by atoms with Crippen LogP contribution in [0.15, 0.2) is 66.4 Å². The molecule has 1 aliphatic rings. The Morgan fingerprint density at radius 3 is 2.25 bits per heavy atom. The van der Waals surface area contributed by atoms with Crippen molar-refractivity contribution in [1.82, 2.24) is 0 Å². The van der Waals surface area contributed by atoms with Gasteiger partial charge in [0.05, 0.1) is 5.69 Å². The van der Waals surface area contributed by atoms with Crippen molar-refractivity contribution in [2.24, 2.45) is 0 Å². The van der Waals surface area contributed by atoms with Crippen LogP contribution in [0.3, 0.4) is 0 Å². The number of rotatable bonds is 2. The molecule has 0 fully saturated rings. The Balaban J connectivity index is 2.16. The van der Waals surface area contributed by atoms with Gasteiger partial charge in [0.25, 0.3) is 0 Å². The average Bonchev–Trinajstić information content (AvgIpc) is 2.33. The summed E-state index contributed by atoms with van der Waals surface area (Å²) < 4.78 is 0. The van der Waals surface area contributed by atoms with E-state index < -0.39 is 0 Å². The standard InChI is InChI=1S/C13H11NOS/c15-14(12-4-2-1-3-5-12)10-11-6-8-13(16)9-7-11/h1-10,15H.